The second-order valence-corrected chi connectivity index (χ2v) is 8.64. The van der Waals surface area contributed by atoms with E-state index in [1.54, 1.807) is 42.5 Å². The minimum atomic E-state index is -0.643. The van der Waals surface area contributed by atoms with Crippen molar-refractivity contribution < 1.29 is 23.5 Å². The fraction of sp³-hybridized carbons (Fsp3) is 0.148. The first-order valence-corrected chi connectivity index (χ1v) is 10.4. The van der Waals surface area contributed by atoms with E-state index < -0.39 is 17.8 Å². The van der Waals surface area contributed by atoms with Crippen LogP contribution in [0.15, 0.2) is 83.5 Å². The zero-order valence-electron chi connectivity index (χ0n) is 18.5. The predicted molar refractivity (Wildman–Crippen MR) is 124 cm³/mol. The van der Waals surface area contributed by atoms with Gasteiger partial charge in [0.15, 0.2) is 5.70 Å². The van der Waals surface area contributed by atoms with Gasteiger partial charge in [0.2, 0.25) is 5.90 Å². The fourth-order valence-corrected chi connectivity index (χ4v) is 3.25. The van der Waals surface area contributed by atoms with Crippen LogP contribution in [0.1, 0.15) is 47.8 Å². The smallest absolute Gasteiger partial charge is 0.363 e. The van der Waals surface area contributed by atoms with E-state index in [9.17, 15) is 14.0 Å². The van der Waals surface area contributed by atoms with Gasteiger partial charge < -0.3 is 9.47 Å². The minimum absolute atomic E-state index is 0.0112. The van der Waals surface area contributed by atoms with Crippen molar-refractivity contribution in [1.29, 1.82) is 0 Å². The van der Waals surface area contributed by atoms with E-state index in [0.717, 1.165) is 5.56 Å². The molecule has 33 heavy (non-hydrogen) atoms. The monoisotopic (exact) mass is 443 g/mol. The van der Waals surface area contributed by atoms with Crippen LogP contribution in [0.3, 0.4) is 0 Å². The van der Waals surface area contributed by atoms with Crippen LogP contribution in [0.25, 0.3) is 6.08 Å². The van der Waals surface area contributed by atoms with Crippen molar-refractivity contribution in [1.82, 2.24) is 0 Å². The highest BCUT2D eigenvalue weighted by atomic mass is 19.1. The van der Waals surface area contributed by atoms with Crippen LogP contribution in [-0.2, 0) is 14.9 Å². The van der Waals surface area contributed by atoms with E-state index in [1.807, 2.05) is 12.1 Å². The Morgan fingerprint density at radius 1 is 1.00 bits per heavy atom. The molecule has 166 valence electrons. The molecular formula is C27H22FNO4. The topological polar surface area (TPSA) is 65.0 Å². The first kappa shape index (κ1) is 22.1. The van der Waals surface area contributed by atoms with E-state index in [2.05, 4.69) is 25.8 Å². The van der Waals surface area contributed by atoms with Crippen LogP contribution >= 0.6 is 0 Å². The average molecular weight is 443 g/mol. The van der Waals surface area contributed by atoms with Crippen molar-refractivity contribution in [3.05, 3.63) is 107 Å². The fourth-order valence-electron chi connectivity index (χ4n) is 3.25. The third kappa shape index (κ3) is 5.23. The lowest BCUT2D eigenvalue weighted by atomic mass is 9.87. The quantitative estimate of drug-likeness (QED) is 0.295. The minimum Gasteiger partial charge on any atom is -0.423 e. The zero-order valence-corrected chi connectivity index (χ0v) is 18.5. The zero-order chi connectivity index (χ0) is 23.6. The molecule has 5 nitrogen and oxygen atoms in total. The second-order valence-electron chi connectivity index (χ2n) is 8.64. The Hall–Kier alpha value is -4.06. The Balaban J connectivity index is 1.51. The molecule has 0 fully saturated rings. The molecule has 0 atom stereocenters. The summed E-state index contributed by atoms with van der Waals surface area (Å²) in [4.78, 5) is 28.9. The Morgan fingerprint density at radius 3 is 2.42 bits per heavy atom. The number of carbonyl (C=O) groups excluding carboxylic acids is 2. The maximum atomic E-state index is 13.5. The lowest BCUT2D eigenvalue weighted by Crippen LogP contribution is -2.12. The molecule has 3 aromatic rings. The molecule has 0 amide bonds. The molecule has 0 spiro atoms. The Morgan fingerprint density at radius 2 is 1.73 bits per heavy atom. The highest BCUT2D eigenvalue weighted by molar-refractivity contribution is 6.12. The molecule has 0 unspecified atom stereocenters. The third-order valence-corrected chi connectivity index (χ3v) is 5.05. The van der Waals surface area contributed by atoms with Crippen molar-refractivity contribution in [2.24, 2.45) is 4.99 Å². The molecule has 0 aromatic heterocycles. The van der Waals surface area contributed by atoms with Gasteiger partial charge in [-0.1, -0.05) is 51.1 Å². The first-order chi connectivity index (χ1) is 15.7. The number of rotatable bonds is 4. The molecule has 1 aliphatic heterocycles. The number of aliphatic imine (C=N–C) groups is 1. The lowest BCUT2D eigenvalue weighted by molar-refractivity contribution is -0.129. The van der Waals surface area contributed by atoms with Crippen LogP contribution < -0.4 is 4.74 Å². The lowest BCUT2D eigenvalue weighted by Gasteiger charge is -2.18. The molecule has 3 aromatic carbocycles. The summed E-state index contributed by atoms with van der Waals surface area (Å²) in [5.74, 6) is -1.21. The number of benzene rings is 3. The van der Waals surface area contributed by atoms with Crippen molar-refractivity contribution in [3.8, 4) is 5.75 Å². The van der Waals surface area contributed by atoms with Gasteiger partial charge in [0.25, 0.3) is 0 Å². The standard InChI is InChI=1S/C27H22FNO4/c1-27(2,3)20-12-10-18(11-13-20)25(30)32-22-9-4-6-17(14-22)15-23-26(31)33-24(29-23)19-7-5-8-21(28)16-19/h4-16H,1-3H3/b23-15-. The van der Waals surface area contributed by atoms with Crippen molar-refractivity contribution >= 4 is 23.9 Å². The van der Waals surface area contributed by atoms with Crippen molar-refractivity contribution in [2.45, 2.75) is 26.2 Å². The number of carbonyl (C=O) groups is 2. The average Bonchev–Trinajstić information content (AvgIpc) is 3.14. The molecule has 0 saturated heterocycles. The molecule has 0 radical (unpaired) electrons. The summed E-state index contributed by atoms with van der Waals surface area (Å²) in [6, 6.07) is 19.7. The van der Waals surface area contributed by atoms with E-state index in [4.69, 9.17) is 9.47 Å². The number of ether oxygens (including phenoxy) is 2. The van der Waals surface area contributed by atoms with Gasteiger partial charge in [-0.15, -0.1) is 0 Å². The van der Waals surface area contributed by atoms with Gasteiger partial charge >= 0.3 is 11.9 Å². The summed E-state index contributed by atoms with van der Waals surface area (Å²) in [5.41, 5.74) is 2.58. The van der Waals surface area contributed by atoms with E-state index in [0.29, 0.717) is 22.4 Å². The summed E-state index contributed by atoms with van der Waals surface area (Å²) in [7, 11) is 0. The molecule has 0 bridgehead atoms. The number of esters is 2. The largest absolute Gasteiger partial charge is 0.423 e. The molecule has 1 aliphatic rings. The van der Waals surface area contributed by atoms with Crippen molar-refractivity contribution in [2.75, 3.05) is 0 Å². The van der Waals surface area contributed by atoms with Gasteiger partial charge in [-0.05, 0) is 65.1 Å². The second kappa shape index (κ2) is 8.82. The maximum Gasteiger partial charge on any atom is 0.363 e. The number of cyclic esters (lactones) is 1. The van der Waals surface area contributed by atoms with Crippen LogP contribution in [0.5, 0.6) is 5.75 Å². The molecule has 1 heterocycles. The summed E-state index contributed by atoms with van der Waals surface area (Å²) >= 11 is 0. The van der Waals surface area contributed by atoms with E-state index in [-0.39, 0.29) is 17.0 Å². The number of halogens is 1. The summed E-state index contributed by atoms with van der Waals surface area (Å²) in [5, 5.41) is 0. The molecular weight excluding hydrogens is 421 g/mol. The van der Waals surface area contributed by atoms with E-state index >= 15 is 0 Å². The first-order valence-electron chi connectivity index (χ1n) is 10.4. The Labute approximate surface area is 191 Å². The number of hydrogen-bond acceptors (Lipinski definition) is 5. The van der Waals surface area contributed by atoms with Crippen molar-refractivity contribution in [3.63, 3.8) is 0 Å². The molecule has 6 heteroatoms. The van der Waals surface area contributed by atoms with E-state index in [1.165, 1.54) is 24.3 Å². The normalized spacial score (nSPS) is 14.7. The molecule has 0 N–H and O–H groups in total. The Kier molecular flexibility index (Phi) is 5.92. The summed E-state index contributed by atoms with van der Waals surface area (Å²) in [6.45, 7) is 6.31. The van der Waals surface area contributed by atoms with Crippen LogP contribution in [0.4, 0.5) is 4.39 Å². The highest BCUT2D eigenvalue weighted by Gasteiger charge is 2.24. The van der Waals surface area contributed by atoms with Gasteiger partial charge in [-0.2, -0.15) is 0 Å². The molecule has 4 rings (SSSR count). The SMILES string of the molecule is CC(C)(C)c1ccc(C(=O)Oc2cccc(/C=C3\N=C(c4cccc(F)c4)OC3=O)c2)cc1. The molecule has 0 aliphatic carbocycles. The Bertz CT molecular complexity index is 1280. The number of nitrogens with zero attached hydrogens (tertiary/aromatic N) is 1. The number of hydrogen-bond donors (Lipinski definition) is 0. The third-order valence-electron chi connectivity index (χ3n) is 5.05. The summed E-state index contributed by atoms with van der Waals surface area (Å²) in [6.07, 6.45) is 1.52. The highest BCUT2D eigenvalue weighted by Crippen LogP contribution is 2.24. The van der Waals surface area contributed by atoms with Gasteiger partial charge in [-0.3, -0.25) is 0 Å². The maximum absolute atomic E-state index is 13.5. The van der Waals surface area contributed by atoms with Gasteiger partial charge in [-0.25, -0.2) is 19.0 Å². The molecule has 0 saturated carbocycles. The van der Waals surface area contributed by atoms with Gasteiger partial charge in [0.1, 0.15) is 11.6 Å². The predicted octanol–water partition coefficient (Wildman–Crippen LogP) is 5.69. The van der Waals surface area contributed by atoms with Crippen LogP contribution in [0, 0.1) is 5.82 Å². The van der Waals surface area contributed by atoms with Gasteiger partial charge in [0, 0.05) is 5.56 Å². The van der Waals surface area contributed by atoms with Crippen LogP contribution in [-0.4, -0.2) is 17.8 Å². The van der Waals surface area contributed by atoms with Crippen LogP contribution in [0.2, 0.25) is 0 Å². The summed E-state index contributed by atoms with van der Waals surface area (Å²) < 4.78 is 24.1. The van der Waals surface area contributed by atoms with Gasteiger partial charge in [0.05, 0.1) is 5.56 Å².